The van der Waals surface area contributed by atoms with Gasteiger partial charge in [0.2, 0.25) is 5.91 Å². The molecular weight excluding hydrogens is 336 g/mol. The van der Waals surface area contributed by atoms with Crippen LogP contribution in [-0.4, -0.2) is 35.1 Å². The second-order valence-corrected chi connectivity index (χ2v) is 5.64. The van der Waals surface area contributed by atoms with Crippen LogP contribution in [0.4, 0.5) is 5.69 Å². The van der Waals surface area contributed by atoms with Crippen LogP contribution < -0.4 is 20.3 Å². The first-order valence-corrected chi connectivity index (χ1v) is 7.88. The molecule has 0 saturated heterocycles. The van der Waals surface area contributed by atoms with Gasteiger partial charge in [0.1, 0.15) is 12.1 Å². The molecule has 0 bridgehead atoms. The van der Waals surface area contributed by atoms with Gasteiger partial charge in [-0.15, -0.1) is 5.10 Å². The van der Waals surface area contributed by atoms with E-state index < -0.39 is 5.91 Å². The molecule has 0 aliphatic heterocycles. The lowest BCUT2D eigenvalue weighted by Gasteiger charge is -2.13. The molecule has 1 amide bonds. The standard InChI is InChI=1S/C18H18N4O4/c1-11-8-15(25-2)16(26-3)9-14(11)19-17(23)10-22-18(24)12-6-4-5-7-13(12)20-21-22/h4-9H,10H2,1-3H3,(H,19,23). The summed E-state index contributed by atoms with van der Waals surface area (Å²) in [6, 6.07) is 10.3. The zero-order valence-corrected chi connectivity index (χ0v) is 14.6. The Bertz CT molecular complexity index is 1030. The van der Waals surface area contributed by atoms with Crippen LogP contribution >= 0.6 is 0 Å². The van der Waals surface area contributed by atoms with E-state index in [2.05, 4.69) is 15.6 Å². The molecule has 0 atom stereocenters. The number of carbonyl (C=O) groups excluding carboxylic acids is 1. The Kier molecular flexibility index (Phi) is 4.83. The van der Waals surface area contributed by atoms with Crippen LogP contribution in [0.5, 0.6) is 11.5 Å². The van der Waals surface area contributed by atoms with E-state index in [-0.39, 0.29) is 12.1 Å². The van der Waals surface area contributed by atoms with Crippen molar-refractivity contribution in [2.24, 2.45) is 0 Å². The van der Waals surface area contributed by atoms with Crippen molar-refractivity contribution in [3.8, 4) is 11.5 Å². The van der Waals surface area contributed by atoms with E-state index in [1.807, 2.05) is 6.92 Å². The Balaban J connectivity index is 1.84. The molecule has 134 valence electrons. The topological polar surface area (TPSA) is 95.3 Å². The highest BCUT2D eigenvalue weighted by Crippen LogP contribution is 2.32. The van der Waals surface area contributed by atoms with Crippen LogP contribution in [0, 0.1) is 6.92 Å². The van der Waals surface area contributed by atoms with Crippen molar-refractivity contribution in [1.29, 1.82) is 0 Å². The highest BCUT2D eigenvalue weighted by Gasteiger charge is 2.13. The van der Waals surface area contributed by atoms with E-state index in [1.165, 1.54) is 7.11 Å². The molecule has 0 fully saturated rings. The number of amides is 1. The molecule has 3 rings (SSSR count). The molecule has 1 heterocycles. The van der Waals surface area contributed by atoms with Crippen LogP contribution in [0.1, 0.15) is 5.56 Å². The number of ether oxygens (including phenoxy) is 2. The molecule has 8 nitrogen and oxygen atoms in total. The average molecular weight is 354 g/mol. The summed E-state index contributed by atoms with van der Waals surface area (Å²) in [4.78, 5) is 24.8. The highest BCUT2D eigenvalue weighted by atomic mass is 16.5. The predicted octanol–water partition coefficient (Wildman–Crippen LogP) is 1.76. The van der Waals surface area contributed by atoms with Crippen molar-refractivity contribution >= 4 is 22.5 Å². The lowest BCUT2D eigenvalue weighted by Crippen LogP contribution is -2.30. The van der Waals surface area contributed by atoms with Crippen LogP contribution in [0.25, 0.3) is 10.9 Å². The maximum atomic E-state index is 12.4. The summed E-state index contributed by atoms with van der Waals surface area (Å²) in [7, 11) is 3.06. The summed E-state index contributed by atoms with van der Waals surface area (Å²) < 4.78 is 11.5. The molecule has 1 N–H and O–H groups in total. The van der Waals surface area contributed by atoms with E-state index in [0.717, 1.165) is 10.2 Å². The molecule has 2 aromatic carbocycles. The summed E-state index contributed by atoms with van der Waals surface area (Å²) in [5.41, 5.74) is 1.49. The minimum Gasteiger partial charge on any atom is -0.493 e. The summed E-state index contributed by atoms with van der Waals surface area (Å²) in [5.74, 6) is 0.669. The van der Waals surface area contributed by atoms with Gasteiger partial charge in [0, 0.05) is 11.8 Å². The first kappa shape index (κ1) is 17.4. The van der Waals surface area contributed by atoms with Gasteiger partial charge in [-0.25, -0.2) is 4.68 Å². The fourth-order valence-corrected chi connectivity index (χ4v) is 2.57. The molecule has 8 heteroatoms. The normalized spacial score (nSPS) is 10.6. The van der Waals surface area contributed by atoms with Crippen LogP contribution in [-0.2, 0) is 11.3 Å². The van der Waals surface area contributed by atoms with E-state index >= 15 is 0 Å². The monoisotopic (exact) mass is 354 g/mol. The average Bonchev–Trinajstić information content (AvgIpc) is 2.65. The van der Waals surface area contributed by atoms with Gasteiger partial charge < -0.3 is 14.8 Å². The first-order valence-electron chi connectivity index (χ1n) is 7.88. The number of nitrogens with one attached hydrogen (secondary N) is 1. The minimum absolute atomic E-state index is 0.246. The van der Waals surface area contributed by atoms with Crippen molar-refractivity contribution in [2.45, 2.75) is 13.5 Å². The molecule has 0 aliphatic carbocycles. The second kappa shape index (κ2) is 7.22. The highest BCUT2D eigenvalue weighted by molar-refractivity contribution is 5.92. The Morgan fingerprint density at radius 1 is 1.15 bits per heavy atom. The number of aromatic nitrogens is 3. The van der Waals surface area contributed by atoms with Gasteiger partial charge in [0.15, 0.2) is 11.5 Å². The Morgan fingerprint density at radius 3 is 2.58 bits per heavy atom. The van der Waals surface area contributed by atoms with Gasteiger partial charge in [-0.05, 0) is 30.7 Å². The third-order valence-corrected chi connectivity index (χ3v) is 3.93. The maximum Gasteiger partial charge on any atom is 0.278 e. The number of methoxy groups -OCH3 is 2. The third-order valence-electron chi connectivity index (χ3n) is 3.93. The molecule has 0 spiro atoms. The van der Waals surface area contributed by atoms with Gasteiger partial charge in [-0.1, -0.05) is 17.3 Å². The van der Waals surface area contributed by atoms with E-state index in [1.54, 1.807) is 43.5 Å². The number of anilines is 1. The molecule has 0 radical (unpaired) electrons. The van der Waals surface area contributed by atoms with Crippen molar-refractivity contribution in [1.82, 2.24) is 15.0 Å². The van der Waals surface area contributed by atoms with E-state index in [4.69, 9.17) is 9.47 Å². The number of rotatable bonds is 5. The number of aryl methyl sites for hydroxylation is 1. The molecule has 3 aromatic rings. The summed E-state index contributed by atoms with van der Waals surface area (Å²) in [6.07, 6.45) is 0. The van der Waals surface area contributed by atoms with Crippen LogP contribution in [0.2, 0.25) is 0 Å². The molecule has 0 aliphatic rings. The molecule has 0 unspecified atom stereocenters. The Hall–Kier alpha value is -3.42. The molecular formula is C18H18N4O4. The molecule has 0 saturated carbocycles. The maximum absolute atomic E-state index is 12.4. The number of hydrogen-bond acceptors (Lipinski definition) is 6. The fraction of sp³-hybridized carbons (Fsp3) is 0.222. The number of carbonyl (C=O) groups is 1. The largest absolute Gasteiger partial charge is 0.493 e. The Labute approximate surface area is 149 Å². The predicted molar refractivity (Wildman–Crippen MR) is 96.7 cm³/mol. The van der Waals surface area contributed by atoms with Gasteiger partial charge in [-0.3, -0.25) is 9.59 Å². The summed E-state index contributed by atoms with van der Waals surface area (Å²) in [5, 5.41) is 11.0. The van der Waals surface area contributed by atoms with Crippen LogP contribution in [0.15, 0.2) is 41.2 Å². The number of benzene rings is 2. The fourth-order valence-electron chi connectivity index (χ4n) is 2.57. The van der Waals surface area contributed by atoms with E-state index in [0.29, 0.717) is 28.1 Å². The minimum atomic E-state index is -0.396. The number of nitrogens with zero attached hydrogens (tertiary/aromatic N) is 3. The van der Waals surface area contributed by atoms with Gasteiger partial charge in [0.05, 0.1) is 19.6 Å². The smallest absolute Gasteiger partial charge is 0.278 e. The summed E-state index contributed by atoms with van der Waals surface area (Å²) in [6.45, 7) is 1.59. The number of fused-ring (bicyclic) bond motifs is 1. The summed E-state index contributed by atoms with van der Waals surface area (Å²) >= 11 is 0. The van der Waals surface area contributed by atoms with Crippen molar-refractivity contribution in [3.05, 3.63) is 52.3 Å². The van der Waals surface area contributed by atoms with Crippen molar-refractivity contribution < 1.29 is 14.3 Å². The third kappa shape index (κ3) is 3.34. The number of hydrogen-bond donors (Lipinski definition) is 1. The van der Waals surface area contributed by atoms with Gasteiger partial charge in [0.25, 0.3) is 5.56 Å². The van der Waals surface area contributed by atoms with Crippen molar-refractivity contribution in [3.63, 3.8) is 0 Å². The lowest BCUT2D eigenvalue weighted by molar-refractivity contribution is -0.117. The zero-order chi connectivity index (χ0) is 18.7. The molecule has 1 aromatic heterocycles. The van der Waals surface area contributed by atoms with Crippen LogP contribution in [0.3, 0.4) is 0 Å². The van der Waals surface area contributed by atoms with Gasteiger partial charge >= 0.3 is 0 Å². The SMILES string of the molecule is COc1cc(C)c(NC(=O)Cn2nnc3ccccc3c2=O)cc1OC. The first-order chi connectivity index (χ1) is 12.5. The quantitative estimate of drug-likeness (QED) is 0.750. The second-order valence-electron chi connectivity index (χ2n) is 5.64. The zero-order valence-electron chi connectivity index (χ0n) is 14.6. The Morgan fingerprint density at radius 2 is 1.85 bits per heavy atom. The van der Waals surface area contributed by atoms with Gasteiger partial charge in [-0.2, -0.15) is 0 Å². The van der Waals surface area contributed by atoms with Crippen molar-refractivity contribution in [2.75, 3.05) is 19.5 Å². The lowest BCUT2D eigenvalue weighted by atomic mass is 10.1. The molecule has 26 heavy (non-hydrogen) atoms. The van der Waals surface area contributed by atoms with E-state index in [9.17, 15) is 9.59 Å².